The van der Waals surface area contributed by atoms with E-state index in [0.717, 1.165) is 0 Å². The first-order valence-corrected chi connectivity index (χ1v) is 4.35. The van der Waals surface area contributed by atoms with E-state index in [1.165, 1.54) is 0 Å². The van der Waals surface area contributed by atoms with Crippen LogP contribution in [-0.2, 0) is 4.79 Å². The Balaban J connectivity index is -0.0000000533. The molecule has 0 radical (unpaired) electrons. The summed E-state index contributed by atoms with van der Waals surface area (Å²) in [7, 11) is -4.10. The molecule has 0 aromatic rings. The summed E-state index contributed by atoms with van der Waals surface area (Å²) in [5.74, 6) is -1.15. The largest absolute Gasteiger partial charge is 1.00 e. The second-order valence-electron chi connectivity index (χ2n) is 1.67. The molecular formula is C3H10Na2O5Si. The van der Waals surface area contributed by atoms with Crippen molar-refractivity contribution in [1.29, 1.82) is 0 Å². The summed E-state index contributed by atoms with van der Waals surface area (Å²) in [6.07, 6.45) is -0.407. The number of hydrogen-bond acceptors (Lipinski definition) is 4. The Bertz CT molecular complexity index is 121. The fourth-order valence-corrected chi connectivity index (χ4v) is 0.824. The van der Waals surface area contributed by atoms with Gasteiger partial charge in [-0.15, -0.1) is 0 Å². The molecular weight excluding hydrogens is 190 g/mol. The van der Waals surface area contributed by atoms with Gasteiger partial charge in [-0.25, -0.2) is 0 Å². The second kappa shape index (κ2) is 8.18. The molecule has 0 saturated heterocycles. The number of carboxylic acids is 1. The summed E-state index contributed by atoms with van der Waals surface area (Å²) < 4.78 is 0. The fourth-order valence-electron chi connectivity index (χ4n) is 0.275. The molecule has 0 bridgehead atoms. The molecule has 4 N–H and O–H groups in total. The number of hydrogen-bond donors (Lipinski definition) is 4. The maximum absolute atomic E-state index is 9.73. The minimum atomic E-state index is -4.10. The van der Waals surface area contributed by atoms with Gasteiger partial charge in [0.05, 0.1) is 0 Å². The first-order valence-electron chi connectivity index (χ1n) is 2.31. The van der Waals surface area contributed by atoms with Crippen LogP contribution in [0.2, 0.25) is 6.04 Å². The minimum Gasteiger partial charge on any atom is -1.00 e. The van der Waals surface area contributed by atoms with Crippen molar-refractivity contribution in [3.8, 4) is 0 Å². The Labute approximate surface area is 112 Å². The van der Waals surface area contributed by atoms with E-state index >= 15 is 0 Å². The number of rotatable bonds is 3. The zero-order valence-corrected chi connectivity index (χ0v) is 11.6. The molecule has 0 amide bonds. The molecule has 5 nitrogen and oxygen atoms in total. The van der Waals surface area contributed by atoms with Crippen molar-refractivity contribution >= 4 is 14.8 Å². The van der Waals surface area contributed by atoms with Gasteiger partial charge in [0, 0.05) is 12.5 Å². The summed E-state index contributed by atoms with van der Waals surface area (Å²) in [4.78, 5) is 34.5. The molecule has 0 aliphatic carbocycles. The third-order valence-corrected chi connectivity index (χ3v) is 1.60. The predicted molar refractivity (Wildman–Crippen MR) is 31.7 cm³/mol. The molecule has 0 aromatic carbocycles. The van der Waals surface area contributed by atoms with Crippen LogP contribution in [0.4, 0.5) is 0 Å². The molecule has 0 spiro atoms. The van der Waals surface area contributed by atoms with Crippen molar-refractivity contribution in [3.63, 3.8) is 0 Å². The van der Waals surface area contributed by atoms with Gasteiger partial charge in [0.15, 0.2) is 0 Å². The van der Waals surface area contributed by atoms with E-state index in [1.807, 2.05) is 0 Å². The second-order valence-corrected chi connectivity index (χ2v) is 3.72. The molecule has 0 heterocycles. The maximum Gasteiger partial charge on any atom is 1.00 e. The van der Waals surface area contributed by atoms with E-state index in [0.29, 0.717) is 0 Å². The first-order chi connectivity index (χ1) is 3.92. The van der Waals surface area contributed by atoms with Crippen LogP contribution in [0.15, 0.2) is 0 Å². The van der Waals surface area contributed by atoms with E-state index in [-0.39, 0.29) is 62.0 Å². The van der Waals surface area contributed by atoms with Crippen molar-refractivity contribution < 1.29 is 86.3 Å². The topological polar surface area (TPSA) is 98.0 Å². The maximum atomic E-state index is 9.73. The standard InChI is InChI=1S/C3H8O5Si.2Na.2H/c4-3(5)1-2-9(6,7)8;;;;/h6-8H,1-2H2,(H,4,5);;;;/q;2*+1;2*-1. The van der Waals surface area contributed by atoms with Crippen LogP contribution in [0.5, 0.6) is 0 Å². The molecule has 0 atom stereocenters. The minimum absolute atomic E-state index is 0. The Kier molecular flexibility index (Phi) is 13.7. The Morgan fingerprint density at radius 2 is 1.64 bits per heavy atom. The zero-order valence-electron chi connectivity index (χ0n) is 8.61. The van der Waals surface area contributed by atoms with Crippen molar-refractivity contribution in [2.45, 2.75) is 12.5 Å². The smallest absolute Gasteiger partial charge is 1.00 e. The SMILES string of the molecule is O=C(O)CC[Si](O)(O)O.[H-].[H-].[Na+].[Na+]. The van der Waals surface area contributed by atoms with Gasteiger partial charge >= 0.3 is 73.9 Å². The fraction of sp³-hybridized carbons (Fsp3) is 0.667. The normalized spacial score (nSPS) is 9.36. The summed E-state index contributed by atoms with van der Waals surface area (Å²) in [5, 5.41) is 7.97. The summed E-state index contributed by atoms with van der Waals surface area (Å²) >= 11 is 0. The molecule has 0 aromatic heterocycles. The molecule has 0 aliphatic rings. The van der Waals surface area contributed by atoms with Gasteiger partial charge in [0.1, 0.15) is 0 Å². The molecule has 0 aliphatic heterocycles. The van der Waals surface area contributed by atoms with Gasteiger partial charge in [-0.05, 0) is 0 Å². The number of carbonyl (C=O) groups is 1. The van der Waals surface area contributed by atoms with Crippen LogP contribution in [-0.4, -0.2) is 34.3 Å². The Morgan fingerprint density at radius 3 is 1.73 bits per heavy atom. The third kappa shape index (κ3) is 18.5. The summed E-state index contributed by atoms with van der Waals surface area (Å²) in [6, 6.07) is -0.442. The molecule has 0 unspecified atom stereocenters. The van der Waals surface area contributed by atoms with Gasteiger partial charge in [-0.3, -0.25) is 4.79 Å². The molecule has 0 rings (SSSR count). The average Bonchev–Trinajstić information content (AvgIpc) is 1.59. The van der Waals surface area contributed by atoms with Crippen LogP contribution in [0.3, 0.4) is 0 Å². The molecule has 0 fully saturated rings. The Morgan fingerprint density at radius 1 is 1.27 bits per heavy atom. The van der Waals surface area contributed by atoms with Crippen LogP contribution < -0.4 is 59.1 Å². The van der Waals surface area contributed by atoms with E-state index in [2.05, 4.69) is 0 Å². The predicted octanol–water partition coefficient (Wildman–Crippen LogP) is -7.39. The molecule has 8 heteroatoms. The quantitative estimate of drug-likeness (QED) is 0.339. The third-order valence-electron chi connectivity index (χ3n) is 0.674. The van der Waals surface area contributed by atoms with Gasteiger partial charge in [0.25, 0.3) is 0 Å². The summed E-state index contributed by atoms with van der Waals surface area (Å²) in [6.45, 7) is 0. The van der Waals surface area contributed by atoms with E-state index in [4.69, 9.17) is 19.5 Å². The molecule has 0 saturated carbocycles. The van der Waals surface area contributed by atoms with Gasteiger partial charge in [-0.1, -0.05) is 0 Å². The van der Waals surface area contributed by atoms with Crippen LogP contribution >= 0.6 is 0 Å². The van der Waals surface area contributed by atoms with Crippen molar-refractivity contribution in [3.05, 3.63) is 0 Å². The van der Waals surface area contributed by atoms with Crippen molar-refractivity contribution in [2.75, 3.05) is 0 Å². The van der Waals surface area contributed by atoms with Gasteiger partial charge in [0.2, 0.25) is 0 Å². The van der Waals surface area contributed by atoms with Crippen molar-refractivity contribution in [1.82, 2.24) is 0 Å². The number of carboxylic acid groups (broad SMARTS) is 1. The molecule has 58 valence electrons. The average molecular weight is 200 g/mol. The zero-order chi connectivity index (χ0) is 7.49. The van der Waals surface area contributed by atoms with Gasteiger partial charge < -0.3 is 22.3 Å². The first kappa shape index (κ1) is 18.4. The van der Waals surface area contributed by atoms with E-state index in [1.54, 1.807) is 0 Å². The number of aliphatic carboxylic acids is 1. The van der Waals surface area contributed by atoms with Crippen LogP contribution in [0.25, 0.3) is 0 Å². The van der Waals surface area contributed by atoms with Gasteiger partial charge in [-0.2, -0.15) is 0 Å². The monoisotopic (exact) mass is 200 g/mol. The van der Waals surface area contributed by atoms with Crippen LogP contribution in [0, 0.1) is 0 Å². The van der Waals surface area contributed by atoms with Crippen LogP contribution in [0.1, 0.15) is 9.27 Å². The van der Waals surface area contributed by atoms with Crippen molar-refractivity contribution in [2.24, 2.45) is 0 Å². The Hall–Kier alpha value is 1.57. The summed E-state index contributed by atoms with van der Waals surface area (Å²) in [5.41, 5.74) is 0. The van der Waals surface area contributed by atoms with E-state index in [9.17, 15) is 4.79 Å². The van der Waals surface area contributed by atoms with E-state index < -0.39 is 27.2 Å². The molecule has 11 heavy (non-hydrogen) atoms.